The van der Waals surface area contributed by atoms with Crippen molar-refractivity contribution in [3.8, 4) is 0 Å². The van der Waals surface area contributed by atoms with E-state index in [0.29, 0.717) is 12.6 Å². The molecule has 0 aliphatic heterocycles. The highest BCUT2D eigenvalue weighted by molar-refractivity contribution is 7.81. The van der Waals surface area contributed by atoms with Gasteiger partial charge in [0.1, 0.15) is 0 Å². The van der Waals surface area contributed by atoms with Crippen molar-refractivity contribution in [1.82, 2.24) is 10.6 Å². The number of nitrogens with two attached hydrogens (primary N) is 1. The summed E-state index contributed by atoms with van der Waals surface area (Å²) < 4.78 is -0.0209. The molecule has 0 spiro atoms. The summed E-state index contributed by atoms with van der Waals surface area (Å²) in [6.45, 7) is 10.1. The second-order valence-corrected chi connectivity index (χ2v) is 6.01. The Morgan fingerprint density at radius 2 is 1.94 bits per heavy atom. The maximum absolute atomic E-state index is 5.51. The molecule has 0 saturated carbocycles. The average Bonchev–Trinajstić information content (AvgIpc) is 2.20. The minimum atomic E-state index is -0.0209. The van der Waals surface area contributed by atoms with Crippen molar-refractivity contribution in [3.63, 3.8) is 0 Å². The van der Waals surface area contributed by atoms with Crippen molar-refractivity contribution in [3.05, 3.63) is 0 Å². The Morgan fingerprint density at radius 3 is 2.44 bits per heavy atom. The second kappa shape index (κ2) is 9.28. The predicted molar refractivity (Wildman–Crippen MR) is 76.3 cm³/mol. The fourth-order valence-corrected chi connectivity index (χ4v) is 1.76. The Kier molecular flexibility index (Phi) is 9.41. The van der Waals surface area contributed by atoms with Crippen LogP contribution in [0.3, 0.4) is 0 Å². The third-order valence-corrected chi connectivity index (χ3v) is 3.01. The zero-order chi connectivity index (χ0) is 12.4. The van der Waals surface area contributed by atoms with Crippen LogP contribution in [0.5, 0.6) is 0 Å². The molecule has 0 radical (unpaired) electrons. The van der Waals surface area contributed by atoms with Crippen LogP contribution in [-0.4, -0.2) is 37.0 Å². The van der Waals surface area contributed by atoms with E-state index in [1.54, 1.807) is 0 Å². The molecule has 1 atom stereocenters. The monoisotopic (exact) mass is 247 g/mol. The van der Waals surface area contributed by atoms with E-state index in [-0.39, 0.29) is 4.75 Å². The molecular weight excluding hydrogens is 218 g/mol. The molecule has 4 heteroatoms. The number of hydrogen-bond acceptors (Lipinski definition) is 4. The lowest BCUT2D eigenvalue weighted by Crippen LogP contribution is -2.51. The smallest absolute Gasteiger partial charge is 0.0332 e. The van der Waals surface area contributed by atoms with Crippen molar-refractivity contribution in [2.45, 2.75) is 50.8 Å². The molecule has 0 fully saturated rings. The quantitative estimate of drug-likeness (QED) is 0.349. The zero-order valence-electron chi connectivity index (χ0n) is 11.1. The second-order valence-electron chi connectivity index (χ2n) is 4.86. The first-order valence-electron chi connectivity index (χ1n) is 6.39. The van der Waals surface area contributed by atoms with Gasteiger partial charge >= 0.3 is 0 Å². The number of nitrogens with one attached hydrogen (secondary N) is 2. The van der Waals surface area contributed by atoms with E-state index in [4.69, 9.17) is 5.73 Å². The van der Waals surface area contributed by atoms with Gasteiger partial charge in [-0.1, -0.05) is 19.8 Å². The fraction of sp³-hybridized carbons (Fsp3) is 1.00. The van der Waals surface area contributed by atoms with Crippen molar-refractivity contribution < 1.29 is 0 Å². The lowest BCUT2D eigenvalue weighted by molar-refractivity contribution is 0.410. The highest BCUT2D eigenvalue weighted by Gasteiger charge is 2.24. The van der Waals surface area contributed by atoms with Crippen LogP contribution in [0, 0.1) is 0 Å². The Hall–Kier alpha value is 0.230. The van der Waals surface area contributed by atoms with Gasteiger partial charge in [-0.3, -0.25) is 0 Å². The van der Waals surface area contributed by atoms with Gasteiger partial charge in [-0.05, 0) is 26.8 Å². The molecule has 0 saturated heterocycles. The van der Waals surface area contributed by atoms with Gasteiger partial charge in [-0.2, -0.15) is 12.6 Å². The molecule has 0 heterocycles. The van der Waals surface area contributed by atoms with Crippen LogP contribution in [0.15, 0.2) is 0 Å². The van der Waals surface area contributed by atoms with E-state index in [0.717, 1.165) is 19.6 Å². The molecule has 0 aliphatic carbocycles. The van der Waals surface area contributed by atoms with Crippen molar-refractivity contribution in [2.75, 3.05) is 26.2 Å². The minimum absolute atomic E-state index is 0.0209. The molecule has 0 rings (SSSR count). The Bertz CT molecular complexity index is 157. The summed E-state index contributed by atoms with van der Waals surface area (Å²) in [5, 5.41) is 6.92. The normalized spacial score (nSPS) is 14.1. The van der Waals surface area contributed by atoms with E-state index < -0.39 is 0 Å². The zero-order valence-corrected chi connectivity index (χ0v) is 11.9. The molecule has 0 bridgehead atoms. The molecule has 0 aromatic rings. The van der Waals surface area contributed by atoms with Crippen LogP contribution < -0.4 is 16.4 Å². The summed E-state index contributed by atoms with van der Waals surface area (Å²) in [5.74, 6) is 0. The third kappa shape index (κ3) is 8.39. The van der Waals surface area contributed by atoms with Crippen LogP contribution in [0.25, 0.3) is 0 Å². The van der Waals surface area contributed by atoms with Gasteiger partial charge < -0.3 is 16.4 Å². The largest absolute Gasteiger partial charge is 0.329 e. The van der Waals surface area contributed by atoms with Gasteiger partial charge in [0.2, 0.25) is 0 Å². The summed E-state index contributed by atoms with van der Waals surface area (Å²) in [6, 6.07) is 0.362. The first-order chi connectivity index (χ1) is 7.52. The molecule has 3 nitrogen and oxygen atoms in total. The summed E-state index contributed by atoms with van der Waals surface area (Å²) in [6.07, 6.45) is 3.83. The highest BCUT2D eigenvalue weighted by Crippen LogP contribution is 2.16. The Morgan fingerprint density at radius 1 is 1.25 bits per heavy atom. The SMILES string of the molecule is CCCCCNCC(NCCN)C(C)(C)S. The van der Waals surface area contributed by atoms with Crippen molar-refractivity contribution in [2.24, 2.45) is 5.73 Å². The molecule has 0 amide bonds. The maximum atomic E-state index is 5.51. The van der Waals surface area contributed by atoms with Crippen LogP contribution >= 0.6 is 12.6 Å². The minimum Gasteiger partial charge on any atom is -0.329 e. The van der Waals surface area contributed by atoms with Crippen LogP contribution in [-0.2, 0) is 0 Å². The Balaban J connectivity index is 3.75. The number of hydrogen-bond donors (Lipinski definition) is 4. The number of rotatable bonds is 10. The van der Waals surface area contributed by atoms with Crippen molar-refractivity contribution >= 4 is 12.6 Å². The lowest BCUT2D eigenvalue weighted by Gasteiger charge is -2.31. The molecule has 1 unspecified atom stereocenters. The average molecular weight is 247 g/mol. The summed E-state index contributed by atoms with van der Waals surface area (Å²) >= 11 is 4.62. The molecule has 0 aliphatic rings. The van der Waals surface area contributed by atoms with Gasteiger partial charge in [-0.15, -0.1) is 0 Å². The molecular formula is C12H29N3S. The van der Waals surface area contributed by atoms with E-state index >= 15 is 0 Å². The highest BCUT2D eigenvalue weighted by atomic mass is 32.1. The van der Waals surface area contributed by atoms with Gasteiger partial charge in [0, 0.05) is 30.4 Å². The van der Waals surface area contributed by atoms with Gasteiger partial charge in [0.25, 0.3) is 0 Å². The van der Waals surface area contributed by atoms with Gasteiger partial charge in [-0.25, -0.2) is 0 Å². The van der Waals surface area contributed by atoms with E-state index in [1.807, 2.05) is 0 Å². The van der Waals surface area contributed by atoms with E-state index in [2.05, 4.69) is 44.0 Å². The van der Waals surface area contributed by atoms with Crippen LogP contribution in [0.1, 0.15) is 40.0 Å². The van der Waals surface area contributed by atoms with Gasteiger partial charge in [0.05, 0.1) is 0 Å². The van der Waals surface area contributed by atoms with Gasteiger partial charge in [0.15, 0.2) is 0 Å². The first-order valence-corrected chi connectivity index (χ1v) is 6.83. The fourth-order valence-electron chi connectivity index (χ4n) is 1.58. The first kappa shape index (κ1) is 16.2. The topological polar surface area (TPSA) is 50.1 Å². The molecule has 4 N–H and O–H groups in total. The maximum Gasteiger partial charge on any atom is 0.0332 e. The van der Waals surface area contributed by atoms with Crippen molar-refractivity contribution in [1.29, 1.82) is 0 Å². The predicted octanol–water partition coefficient (Wildman–Crippen LogP) is 1.39. The third-order valence-electron chi connectivity index (χ3n) is 2.69. The Labute approximate surface area is 106 Å². The van der Waals surface area contributed by atoms with Crippen LogP contribution in [0.4, 0.5) is 0 Å². The number of thiol groups is 1. The molecule has 98 valence electrons. The summed E-state index contributed by atoms with van der Waals surface area (Å²) in [4.78, 5) is 0. The standard InChI is InChI=1S/C12H29N3S/c1-4-5-6-8-14-10-11(12(2,3)16)15-9-7-13/h11,14-16H,4-10,13H2,1-3H3. The summed E-state index contributed by atoms with van der Waals surface area (Å²) in [5.41, 5.74) is 5.51. The summed E-state index contributed by atoms with van der Waals surface area (Å²) in [7, 11) is 0. The van der Waals surface area contributed by atoms with E-state index in [9.17, 15) is 0 Å². The molecule has 0 aromatic carbocycles. The van der Waals surface area contributed by atoms with E-state index in [1.165, 1.54) is 19.3 Å². The lowest BCUT2D eigenvalue weighted by atomic mass is 10.0. The molecule has 16 heavy (non-hydrogen) atoms. The number of unbranched alkanes of at least 4 members (excludes halogenated alkanes) is 2. The molecule has 0 aromatic heterocycles. The van der Waals surface area contributed by atoms with Crippen LogP contribution in [0.2, 0.25) is 0 Å².